The molecule has 2 amide bonds. The van der Waals surface area contributed by atoms with Crippen molar-refractivity contribution < 1.29 is 9.59 Å². The molecule has 6 heteroatoms. The number of hydrogen-bond acceptors (Lipinski definition) is 4. The number of carbonyl (C=O) groups excluding carboxylic acids is 2. The maximum atomic E-state index is 12.9. The van der Waals surface area contributed by atoms with E-state index < -0.39 is 0 Å². The molecule has 2 aromatic rings. The Morgan fingerprint density at radius 1 is 1.00 bits per heavy atom. The lowest BCUT2D eigenvalue weighted by Crippen LogP contribution is -2.29. The molecule has 0 saturated carbocycles. The minimum atomic E-state index is -0.179. The van der Waals surface area contributed by atoms with Crippen molar-refractivity contribution in [3.05, 3.63) is 59.2 Å². The highest BCUT2D eigenvalue weighted by Gasteiger charge is 2.20. The molecule has 3 rings (SSSR count). The topological polar surface area (TPSA) is 64.7 Å². The second kappa shape index (κ2) is 10.3. The first kappa shape index (κ1) is 21.8. The van der Waals surface area contributed by atoms with Gasteiger partial charge in [0.15, 0.2) is 0 Å². The van der Waals surface area contributed by atoms with Gasteiger partial charge in [-0.2, -0.15) is 0 Å². The normalized spacial score (nSPS) is 13.5. The van der Waals surface area contributed by atoms with Crippen LogP contribution < -0.4 is 15.5 Å². The Balaban J connectivity index is 1.76. The molecule has 1 saturated heterocycles. The fourth-order valence-electron chi connectivity index (χ4n) is 3.63. The van der Waals surface area contributed by atoms with E-state index in [-0.39, 0.29) is 11.8 Å². The molecule has 0 unspecified atom stereocenters. The molecule has 1 heterocycles. The predicted octanol–water partition coefficient (Wildman–Crippen LogP) is 3.53. The highest BCUT2D eigenvalue weighted by Crippen LogP contribution is 2.28. The zero-order valence-corrected chi connectivity index (χ0v) is 18.2. The number of benzene rings is 2. The van der Waals surface area contributed by atoms with Gasteiger partial charge in [0.2, 0.25) is 0 Å². The molecule has 2 N–H and O–H groups in total. The predicted molar refractivity (Wildman–Crippen MR) is 123 cm³/mol. The summed E-state index contributed by atoms with van der Waals surface area (Å²) in [7, 11) is 4.04. The third-order valence-electron chi connectivity index (χ3n) is 5.33. The Labute approximate surface area is 179 Å². The third-order valence-corrected chi connectivity index (χ3v) is 5.33. The van der Waals surface area contributed by atoms with Crippen molar-refractivity contribution >= 4 is 23.2 Å². The van der Waals surface area contributed by atoms with Crippen LogP contribution in [0.1, 0.15) is 45.5 Å². The molecule has 0 aromatic heterocycles. The fraction of sp³-hybridized carbons (Fsp3) is 0.417. The molecule has 1 aliphatic heterocycles. The number of aryl methyl sites for hydroxylation is 1. The van der Waals surface area contributed by atoms with E-state index in [1.54, 1.807) is 6.07 Å². The van der Waals surface area contributed by atoms with Gasteiger partial charge >= 0.3 is 0 Å². The number of rotatable bonds is 8. The zero-order valence-electron chi connectivity index (χ0n) is 18.2. The van der Waals surface area contributed by atoms with Gasteiger partial charge in [-0.25, -0.2) is 0 Å². The molecule has 2 aromatic carbocycles. The van der Waals surface area contributed by atoms with E-state index in [0.29, 0.717) is 23.4 Å². The summed E-state index contributed by atoms with van der Waals surface area (Å²) in [4.78, 5) is 29.9. The van der Waals surface area contributed by atoms with Gasteiger partial charge in [-0.05, 0) is 77.2 Å². The number of nitrogens with one attached hydrogen (secondary N) is 2. The van der Waals surface area contributed by atoms with Crippen molar-refractivity contribution in [3.8, 4) is 0 Å². The summed E-state index contributed by atoms with van der Waals surface area (Å²) in [6, 6.07) is 13.1. The first-order chi connectivity index (χ1) is 14.4. The molecule has 1 aliphatic rings. The van der Waals surface area contributed by atoms with Crippen LogP contribution in [0.25, 0.3) is 0 Å². The summed E-state index contributed by atoms with van der Waals surface area (Å²) in [6.45, 7) is 5.44. The summed E-state index contributed by atoms with van der Waals surface area (Å²) < 4.78 is 0. The summed E-state index contributed by atoms with van der Waals surface area (Å²) in [6.07, 6.45) is 3.16. The largest absolute Gasteiger partial charge is 0.371 e. The number of carbonyl (C=O) groups is 2. The van der Waals surface area contributed by atoms with Crippen LogP contribution in [-0.2, 0) is 0 Å². The molecule has 30 heavy (non-hydrogen) atoms. The van der Waals surface area contributed by atoms with Gasteiger partial charge < -0.3 is 20.4 Å². The Bertz CT molecular complexity index is 871. The zero-order chi connectivity index (χ0) is 21.5. The van der Waals surface area contributed by atoms with Gasteiger partial charge in [0, 0.05) is 36.6 Å². The average molecular weight is 409 g/mol. The van der Waals surface area contributed by atoms with Crippen LogP contribution in [0, 0.1) is 6.92 Å². The van der Waals surface area contributed by atoms with Crippen LogP contribution >= 0.6 is 0 Å². The van der Waals surface area contributed by atoms with Crippen LogP contribution in [0.3, 0.4) is 0 Å². The second-order valence-electron chi connectivity index (χ2n) is 8.16. The molecular formula is C24H32N4O2. The van der Waals surface area contributed by atoms with Gasteiger partial charge in [0.05, 0.1) is 5.56 Å². The third kappa shape index (κ3) is 5.83. The molecule has 1 fully saturated rings. The minimum Gasteiger partial charge on any atom is -0.371 e. The van der Waals surface area contributed by atoms with Gasteiger partial charge in [0.1, 0.15) is 0 Å². The van der Waals surface area contributed by atoms with Gasteiger partial charge in [-0.1, -0.05) is 17.7 Å². The Morgan fingerprint density at radius 2 is 1.70 bits per heavy atom. The van der Waals surface area contributed by atoms with E-state index in [2.05, 4.69) is 20.4 Å². The Hall–Kier alpha value is -2.86. The summed E-state index contributed by atoms with van der Waals surface area (Å²) in [5, 5.41) is 5.96. The molecular weight excluding hydrogens is 376 g/mol. The lowest BCUT2D eigenvalue weighted by atomic mass is 10.1. The van der Waals surface area contributed by atoms with Crippen molar-refractivity contribution in [2.75, 3.05) is 50.5 Å². The van der Waals surface area contributed by atoms with Crippen molar-refractivity contribution in [2.24, 2.45) is 0 Å². The number of nitrogens with zero attached hydrogens (tertiary/aromatic N) is 2. The first-order valence-corrected chi connectivity index (χ1v) is 10.6. The van der Waals surface area contributed by atoms with Gasteiger partial charge in [0.25, 0.3) is 11.8 Å². The maximum absolute atomic E-state index is 12.9. The lowest BCUT2D eigenvalue weighted by Gasteiger charge is -2.22. The highest BCUT2D eigenvalue weighted by molar-refractivity contribution is 6.06. The first-order valence-electron chi connectivity index (χ1n) is 10.6. The SMILES string of the molecule is Cc1ccc(C(=O)Nc2ccc(N3CCCC3)c(C(=O)NCCCN(C)C)c2)cc1. The fourth-order valence-corrected chi connectivity index (χ4v) is 3.63. The van der Waals surface area contributed by atoms with Gasteiger partial charge in [-0.15, -0.1) is 0 Å². The van der Waals surface area contributed by atoms with Crippen LogP contribution in [0.4, 0.5) is 11.4 Å². The molecule has 0 radical (unpaired) electrons. The van der Waals surface area contributed by atoms with Crippen molar-refractivity contribution in [3.63, 3.8) is 0 Å². The van der Waals surface area contributed by atoms with Crippen LogP contribution in [0.5, 0.6) is 0 Å². The van der Waals surface area contributed by atoms with E-state index in [4.69, 9.17) is 0 Å². The van der Waals surface area contributed by atoms with Crippen LogP contribution in [0.2, 0.25) is 0 Å². The number of amides is 2. The molecule has 0 aliphatic carbocycles. The summed E-state index contributed by atoms with van der Waals surface area (Å²) in [5.41, 5.74) is 3.88. The van der Waals surface area contributed by atoms with E-state index >= 15 is 0 Å². The standard InChI is InChI=1S/C24H32N4O2/c1-18-7-9-19(10-8-18)23(29)26-20-11-12-22(28-15-4-5-16-28)21(17-20)24(30)25-13-6-14-27(2)3/h7-12,17H,4-6,13-16H2,1-3H3,(H,25,30)(H,26,29). The smallest absolute Gasteiger partial charge is 0.255 e. The molecule has 0 spiro atoms. The maximum Gasteiger partial charge on any atom is 0.255 e. The number of anilines is 2. The summed E-state index contributed by atoms with van der Waals surface area (Å²) >= 11 is 0. The molecule has 0 atom stereocenters. The van der Waals surface area contributed by atoms with Crippen molar-refractivity contribution in [1.82, 2.24) is 10.2 Å². The second-order valence-corrected chi connectivity index (χ2v) is 8.16. The van der Waals surface area contributed by atoms with Crippen molar-refractivity contribution in [1.29, 1.82) is 0 Å². The highest BCUT2D eigenvalue weighted by atomic mass is 16.2. The van der Waals surface area contributed by atoms with Crippen LogP contribution in [0.15, 0.2) is 42.5 Å². The molecule has 6 nitrogen and oxygen atoms in total. The van der Waals surface area contributed by atoms with E-state index in [0.717, 1.165) is 50.1 Å². The summed E-state index contributed by atoms with van der Waals surface area (Å²) in [5.74, 6) is -0.275. The van der Waals surface area contributed by atoms with Crippen molar-refractivity contribution in [2.45, 2.75) is 26.2 Å². The Kier molecular flexibility index (Phi) is 7.46. The van der Waals surface area contributed by atoms with Gasteiger partial charge in [-0.3, -0.25) is 9.59 Å². The monoisotopic (exact) mass is 408 g/mol. The number of hydrogen-bond donors (Lipinski definition) is 2. The van der Waals surface area contributed by atoms with E-state index in [9.17, 15) is 9.59 Å². The molecule has 160 valence electrons. The Morgan fingerprint density at radius 3 is 2.37 bits per heavy atom. The molecule has 0 bridgehead atoms. The average Bonchev–Trinajstić information content (AvgIpc) is 3.26. The van der Waals surface area contributed by atoms with Crippen LogP contribution in [-0.4, -0.2) is 57.0 Å². The van der Waals surface area contributed by atoms with E-state index in [1.807, 2.05) is 57.4 Å². The minimum absolute atomic E-state index is 0.0953. The quantitative estimate of drug-likeness (QED) is 0.656. The lowest BCUT2D eigenvalue weighted by molar-refractivity contribution is 0.0951. The van der Waals surface area contributed by atoms with E-state index in [1.165, 1.54) is 0 Å².